The lowest BCUT2D eigenvalue weighted by Gasteiger charge is -2.15. The van der Waals surface area contributed by atoms with Gasteiger partial charge < -0.3 is 10.4 Å². The van der Waals surface area contributed by atoms with Gasteiger partial charge in [0, 0.05) is 25.5 Å². The summed E-state index contributed by atoms with van der Waals surface area (Å²) in [5, 5.41) is 17.7. The Morgan fingerprint density at radius 2 is 2.03 bits per heavy atom. The molecule has 0 aliphatic heterocycles. The number of aliphatic hydroxyl groups is 1. The van der Waals surface area contributed by atoms with Crippen LogP contribution < -0.4 is 10.0 Å². The number of rotatable bonds is 9. The summed E-state index contributed by atoms with van der Waals surface area (Å²) in [5.41, 5.74) is 1.53. The molecular weight excluding hydrogens is 448 g/mol. The van der Waals surface area contributed by atoms with Crippen LogP contribution in [0.1, 0.15) is 34.5 Å². The summed E-state index contributed by atoms with van der Waals surface area (Å²) in [5.74, 6) is -0.0732. The highest BCUT2D eigenvalue weighted by atomic mass is 32.2. The first-order valence-electron chi connectivity index (χ1n) is 10.3. The number of aliphatic hydroxyl groups excluding tert-OH is 1. The second-order valence-corrected chi connectivity index (χ2v) is 9.18. The fourth-order valence-electron chi connectivity index (χ4n) is 3.69. The van der Waals surface area contributed by atoms with Gasteiger partial charge in [0.05, 0.1) is 18.2 Å². The van der Waals surface area contributed by atoms with E-state index >= 15 is 0 Å². The first-order valence-corrected chi connectivity index (χ1v) is 11.7. The topological polar surface area (TPSA) is 148 Å². The van der Waals surface area contributed by atoms with Gasteiger partial charge in [-0.25, -0.2) is 9.97 Å². The van der Waals surface area contributed by atoms with Gasteiger partial charge in [0.15, 0.2) is 0 Å². The Bertz CT molecular complexity index is 1220. The van der Waals surface area contributed by atoms with Crippen LogP contribution in [-0.2, 0) is 21.0 Å². The van der Waals surface area contributed by atoms with Crippen LogP contribution in [0.2, 0.25) is 0 Å². The van der Waals surface area contributed by atoms with Crippen LogP contribution in [0.4, 0.5) is 5.82 Å². The number of hydrogen-bond acceptors (Lipinski definition) is 9. The maximum atomic E-state index is 13.1. The van der Waals surface area contributed by atoms with Crippen molar-refractivity contribution in [2.24, 2.45) is 0 Å². The number of carbonyl (C=O) groups is 1. The van der Waals surface area contributed by atoms with Crippen molar-refractivity contribution < 1.29 is 22.5 Å². The molecule has 3 N–H and O–H groups in total. The lowest BCUT2D eigenvalue weighted by Crippen LogP contribution is -2.31. The molecule has 12 heteroatoms. The number of ketones is 1. The molecule has 4 rings (SSSR count). The number of carbonyl (C=O) groups excluding carboxylic acids is 1. The average molecular weight is 473 g/mol. The van der Waals surface area contributed by atoms with E-state index in [1.807, 2.05) is 30.3 Å². The summed E-state index contributed by atoms with van der Waals surface area (Å²) >= 11 is 0. The van der Waals surface area contributed by atoms with Crippen molar-refractivity contribution in [3.05, 3.63) is 71.9 Å². The van der Waals surface area contributed by atoms with Gasteiger partial charge in [-0.3, -0.25) is 13.7 Å². The van der Waals surface area contributed by atoms with E-state index in [1.54, 1.807) is 16.9 Å². The Balaban J connectivity index is 1.46. The highest BCUT2D eigenvalue weighted by molar-refractivity contribution is 7.84. The zero-order valence-electron chi connectivity index (χ0n) is 17.8. The SMILES string of the molecule is CNS(=O)(=O)O[C@@H]1C[C@H](Nc2ncncc2C(=O)c2ccn(Cc3ccccc3)n2)C[C@@H]1O. The van der Waals surface area contributed by atoms with Gasteiger partial charge in [-0.05, 0) is 24.5 Å². The lowest BCUT2D eigenvalue weighted by molar-refractivity contribution is 0.0636. The molecule has 3 aromatic rings. The van der Waals surface area contributed by atoms with E-state index in [9.17, 15) is 18.3 Å². The van der Waals surface area contributed by atoms with E-state index in [0.717, 1.165) is 5.56 Å². The van der Waals surface area contributed by atoms with E-state index < -0.39 is 22.5 Å². The Labute approximate surface area is 191 Å². The number of nitrogens with zero attached hydrogens (tertiary/aromatic N) is 4. The average Bonchev–Trinajstić information content (AvgIpc) is 3.40. The largest absolute Gasteiger partial charge is 0.390 e. The molecule has 1 aliphatic carbocycles. The minimum Gasteiger partial charge on any atom is -0.390 e. The molecule has 33 heavy (non-hydrogen) atoms. The van der Waals surface area contributed by atoms with Gasteiger partial charge in [-0.1, -0.05) is 30.3 Å². The normalized spacial score (nSPS) is 20.6. The van der Waals surface area contributed by atoms with E-state index in [-0.39, 0.29) is 41.7 Å². The lowest BCUT2D eigenvalue weighted by atomic mass is 10.1. The summed E-state index contributed by atoms with van der Waals surface area (Å²) < 4.78 is 32.0. The highest BCUT2D eigenvalue weighted by Gasteiger charge is 2.37. The van der Waals surface area contributed by atoms with Crippen LogP contribution in [0.5, 0.6) is 0 Å². The molecule has 1 aromatic carbocycles. The molecule has 2 heterocycles. The summed E-state index contributed by atoms with van der Waals surface area (Å²) in [6.45, 7) is 0.529. The summed E-state index contributed by atoms with van der Waals surface area (Å²) in [4.78, 5) is 21.2. The van der Waals surface area contributed by atoms with Crippen LogP contribution in [0.3, 0.4) is 0 Å². The molecule has 0 radical (unpaired) electrons. The first-order chi connectivity index (χ1) is 15.8. The van der Waals surface area contributed by atoms with Gasteiger partial charge in [-0.15, -0.1) is 0 Å². The number of hydrogen-bond donors (Lipinski definition) is 3. The molecule has 1 saturated carbocycles. The molecule has 11 nitrogen and oxygen atoms in total. The smallest absolute Gasteiger partial charge is 0.335 e. The number of benzene rings is 1. The van der Waals surface area contributed by atoms with Crippen molar-refractivity contribution in [2.45, 2.75) is 37.6 Å². The monoisotopic (exact) mass is 472 g/mol. The zero-order chi connectivity index (χ0) is 23.4. The predicted molar refractivity (Wildman–Crippen MR) is 119 cm³/mol. The van der Waals surface area contributed by atoms with Crippen molar-refractivity contribution >= 4 is 21.9 Å². The van der Waals surface area contributed by atoms with E-state index in [4.69, 9.17) is 4.18 Å². The van der Waals surface area contributed by atoms with Crippen LogP contribution >= 0.6 is 0 Å². The fraction of sp³-hybridized carbons (Fsp3) is 0.333. The highest BCUT2D eigenvalue weighted by Crippen LogP contribution is 2.27. The molecule has 1 aliphatic rings. The molecule has 0 unspecified atom stereocenters. The number of anilines is 1. The molecular formula is C21H24N6O5S. The van der Waals surface area contributed by atoms with E-state index in [2.05, 4.69) is 25.1 Å². The molecule has 1 fully saturated rings. The van der Waals surface area contributed by atoms with E-state index in [0.29, 0.717) is 6.54 Å². The van der Waals surface area contributed by atoms with Crippen LogP contribution in [-0.4, -0.2) is 64.4 Å². The van der Waals surface area contributed by atoms with E-state index in [1.165, 1.54) is 19.6 Å². The third kappa shape index (κ3) is 5.60. The van der Waals surface area contributed by atoms with Gasteiger partial charge >= 0.3 is 10.3 Å². The van der Waals surface area contributed by atoms with Crippen molar-refractivity contribution in [1.29, 1.82) is 0 Å². The second kappa shape index (κ2) is 9.75. The Kier molecular flexibility index (Phi) is 6.79. The molecule has 3 atom stereocenters. The van der Waals surface area contributed by atoms with Gasteiger partial charge in [0.2, 0.25) is 5.78 Å². The van der Waals surface area contributed by atoms with Crippen LogP contribution in [0.25, 0.3) is 0 Å². The molecule has 2 aromatic heterocycles. The Hall–Kier alpha value is -3.19. The van der Waals surface area contributed by atoms with Crippen molar-refractivity contribution in [1.82, 2.24) is 24.5 Å². The summed E-state index contributed by atoms with van der Waals surface area (Å²) in [6.07, 6.45) is 2.99. The summed E-state index contributed by atoms with van der Waals surface area (Å²) in [6, 6.07) is 11.0. The quantitative estimate of drug-likeness (QED) is 0.383. The molecule has 174 valence electrons. The van der Waals surface area contributed by atoms with Crippen LogP contribution in [0.15, 0.2) is 55.1 Å². The fourth-order valence-corrected chi connectivity index (χ4v) is 4.32. The predicted octanol–water partition coefficient (Wildman–Crippen LogP) is 0.737. The Morgan fingerprint density at radius 3 is 2.79 bits per heavy atom. The van der Waals surface area contributed by atoms with Gasteiger partial charge in [0.25, 0.3) is 0 Å². The second-order valence-electron chi connectivity index (χ2n) is 7.67. The van der Waals surface area contributed by atoms with Crippen LogP contribution in [0, 0.1) is 0 Å². The number of aromatic nitrogens is 4. The maximum Gasteiger partial charge on any atom is 0.335 e. The van der Waals surface area contributed by atoms with Gasteiger partial charge in [0.1, 0.15) is 23.9 Å². The molecule has 0 spiro atoms. The summed E-state index contributed by atoms with van der Waals surface area (Å²) in [7, 11) is -2.71. The molecule has 0 amide bonds. The maximum absolute atomic E-state index is 13.1. The van der Waals surface area contributed by atoms with Crippen molar-refractivity contribution in [2.75, 3.05) is 12.4 Å². The van der Waals surface area contributed by atoms with Crippen molar-refractivity contribution in [3.63, 3.8) is 0 Å². The molecule has 0 bridgehead atoms. The zero-order valence-corrected chi connectivity index (χ0v) is 18.6. The third-order valence-corrected chi connectivity index (χ3v) is 6.33. The number of nitrogens with one attached hydrogen (secondary N) is 2. The Morgan fingerprint density at radius 1 is 1.24 bits per heavy atom. The molecule has 0 saturated heterocycles. The van der Waals surface area contributed by atoms with Gasteiger partial charge in [-0.2, -0.15) is 18.2 Å². The minimum atomic E-state index is -3.94. The standard InChI is InChI=1S/C21H24N6O5S/c1-22-33(30,31)32-19-10-15(9-18(19)28)25-21-16(11-23-13-24-21)20(29)17-7-8-27(26-17)12-14-5-3-2-4-6-14/h2-8,11,13,15,18-19,22,28H,9-10,12H2,1H3,(H,23,24,25)/t15-,18+,19-/m1/s1. The third-order valence-electron chi connectivity index (χ3n) is 5.33. The minimum absolute atomic E-state index is 0.214. The first kappa shape index (κ1) is 23.0. The van der Waals surface area contributed by atoms with Crippen molar-refractivity contribution in [3.8, 4) is 0 Å².